The van der Waals surface area contributed by atoms with Gasteiger partial charge in [-0.15, -0.1) is 0 Å². The van der Waals surface area contributed by atoms with Crippen LogP contribution in [0.5, 0.6) is 0 Å². The van der Waals surface area contributed by atoms with Crippen molar-refractivity contribution in [1.82, 2.24) is 0 Å². The van der Waals surface area contributed by atoms with Crippen LogP contribution in [0.3, 0.4) is 0 Å². The fourth-order valence-electron chi connectivity index (χ4n) is 8.63. The van der Waals surface area contributed by atoms with Crippen molar-refractivity contribution in [2.24, 2.45) is 0 Å². The zero-order chi connectivity index (χ0) is 41.2. The van der Waals surface area contributed by atoms with Gasteiger partial charge in [0.25, 0.3) is 0 Å². The Balaban J connectivity index is 1.19. The smallest absolute Gasteiger partial charge is 0.0645 e. The molecule has 0 N–H and O–H groups in total. The standard InChI is InChI=1S/C56H37N/c1-2-15-40(16-3-1)55-52-24-12-9-21-49(52)50-22-10-13-25-53(50)56(55)41-30-34-46(35-31-41)57(54-37-44-18-6-7-19-47(44)48-20-8-11-23-51(48)54)45-32-28-39(29-33-45)43-27-26-38-14-4-5-17-42(38)36-43/h1-37H/i30D,31D,34D,35D. The molecule has 11 rings (SSSR count). The summed E-state index contributed by atoms with van der Waals surface area (Å²) in [7, 11) is 0. The molecule has 0 bridgehead atoms. The summed E-state index contributed by atoms with van der Waals surface area (Å²) in [5.41, 5.74) is 6.57. The summed E-state index contributed by atoms with van der Waals surface area (Å²) in [6.45, 7) is 0. The molecule has 1 nitrogen and oxygen atoms in total. The van der Waals surface area contributed by atoms with Gasteiger partial charge in [0.1, 0.15) is 0 Å². The Morgan fingerprint density at radius 2 is 0.772 bits per heavy atom. The quantitative estimate of drug-likeness (QED) is 0.154. The lowest BCUT2D eigenvalue weighted by Crippen LogP contribution is -2.10. The Morgan fingerprint density at radius 1 is 0.281 bits per heavy atom. The Bertz CT molecular complexity index is 3500. The molecule has 266 valence electrons. The fraction of sp³-hybridized carbons (Fsp3) is 0. The van der Waals surface area contributed by atoms with Crippen LogP contribution in [-0.4, -0.2) is 0 Å². The first-order valence-corrected chi connectivity index (χ1v) is 19.4. The van der Waals surface area contributed by atoms with Gasteiger partial charge in [0.05, 0.1) is 11.2 Å². The molecule has 0 saturated heterocycles. The molecule has 0 spiro atoms. The molecule has 0 aliphatic rings. The number of fused-ring (bicyclic) bond motifs is 7. The topological polar surface area (TPSA) is 3.24 Å². The predicted molar refractivity (Wildman–Crippen MR) is 245 cm³/mol. The third-order valence-corrected chi connectivity index (χ3v) is 11.3. The van der Waals surface area contributed by atoms with Crippen molar-refractivity contribution in [2.45, 2.75) is 0 Å². The molecule has 0 heterocycles. The van der Waals surface area contributed by atoms with Crippen LogP contribution in [0.1, 0.15) is 5.48 Å². The lowest BCUT2D eigenvalue weighted by Gasteiger charge is -2.28. The van der Waals surface area contributed by atoms with E-state index in [2.05, 4.69) is 109 Å². The average molecular weight is 728 g/mol. The fourth-order valence-corrected chi connectivity index (χ4v) is 8.63. The normalized spacial score (nSPS) is 12.5. The average Bonchev–Trinajstić information content (AvgIpc) is 3.32. The van der Waals surface area contributed by atoms with Crippen LogP contribution in [0.25, 0.3) is 87.2 Å². The van der Waals surface area contributed by atoms with E-state index in [-0.39, 0.29) is 35.4 Å². The van der Waals surface area contributed by atoms with Crippen LogP contribution >= 0.6 is 0 Å². The Kier molecular flexibility index (Phi) is 6.93. The summed E-state index contributed by atoms with van der Waals surface area (Å²) in [4.78, 5) is 1.93. The molecule has 0 unspecified atom stereocenters. The van der Waals surface area contributed by atoms with E-state index in [1.165, 1.54) is 5.39 Å². The summed E-state index contributed by atoms with van der Waals surface area (Å²) in [6.07, 6.45) is 0. The highest BCUT2D eigenvalue weighted by Crippen LogP contribution is 2.47. The summed E-state index contributed by atoms with van der Waals surface area (Å²) < 4.78 is 39.9. The Labute approximate surface area is 338 Å². The number of anilines is 3. The van der Waals surface area contributed by atoms with E-state index in [0.29, 0.717) is 5.56 Å². The minimum Gasteiger partial charge on any atom is -0.310 e. The third-order valence-electron chi connectivity index (χ3n) is 11.3. The molecule has 0 radical (unpaired) electrons. The maximum absolute atomic E-state index is 9.99. The SMILES string of the molecule is [2H]c1c([2H])c(N(c2ccc(-c3ccc4ccccc4c3)cc2)c2cc3ccccc3c3ccccc23)c([2H])c([2H])c1-c1c(-c2ccccc2)c2ccccc2c2ccccc12. The van der Waals surface area contributed by atoms with Crippen LogP contribution in [0.2, 0.25) is 0 Å². The van der Waals surface area contributed by atoms with Gasteiger partial charge in [0.15, 0.2) is 0 Å². The molecule has 1 heteroatoms. The van der Waals surface area contributed by atoms with E-state index in [0.717, 1.165) is 82.1 Å². The van der Waals surface area contributed by atoms with Crippen molar-refractivity contribution in [3.05, 3.63) is 224 Å². The molecule has 0 aliphatic carbocycles. The van der Waals surface area contributed by atoms with E-state index < -0.39 is 0 Å². The maximum atomic E-state index is 9.99. The lowest BCUT2D eigenvalue weighted by molar-refractivity contribution is 1.30. The van der Waals surface area contributed by atoms with Crippen LogP contribution < -0.4 is 4.90 Å². The second kappa shape index (κ2) is 13.7. The summed E-state index contributed by atoms with van der Waals surface area (Å²) >= 11 is 0. The molecule has 0 amide bonds. The molecule has 0 fully saturated rings. The monoisotopic (exact) mass is 727 g/mol. The third kappa shape index (κ3) is 5.63. The highest BCUT2D eigenvalue weighted by molar-refractivity contribution is 6.21. The van der Waals surface area contributed by atoms with E-state index in [1.807, 2.05) is 95.9 Å². The lowest BCUT2D eigenvalue weighted by atomic mass is 9.85. The number of hydrogen-bond acceptors (Lipinski definition) is 1. The Hall–Kier alpha value is -7.48. The zero-order valence-corrected chi connectivity index (χ0v) is 31.0. The van der Waals surface area contributed by atoms with E-state index >= 15 is 0 Å². The predicted octanol–water partition coefficient (Wildman–Crippen LogP) is 15.9. The first-order chi connectivity index (χ1) is 30.0. The van der Waals surface area contributed by atoms with Gasteiger partial charge in [-0.05, 0) is 118 Å². The van der Waals surface area contributed by atoms with Gasteiger partial charge in [-0.25, -0.2) is 0 Å². The Morgan fingerprint density at radius 3 is 1.44 bits per heavy atom. The first kappa shape index (κ1) is 28.9. The van der Waals surface area contributed by atoms with Crippen molar-refractivity contribution < 1.29 is 5.48 Å². The molecule has 0 saturated carbocycles. The zero-order valence-electron chi connectivity index (χ0n) is 35.0. The molecule has 57 heavy (non-hydrogen) atoms. The van der Waals surface area contributed by atoms with Gasteiger partial charge in [0, 0.05) is 16.8 Å². The van der Waals surface area contributed by atoms with E-state index in [1.54, 1.807) is 0 Å². The minimum atomic E-state index is -0.122. The van der Waals surface area contributed by atoms with Crippen LogP contribution in [0.15, 0.2) is 224 Å². The van der Waals surface area contributed by atoms with Crippen molar-refractivity contribution in [3.63, 3.8) is 0 Å². The highest BCUT2D eigenvalue weighted by atomic mass is 15.1. The number of rotatable bonds is 6. The van der Waals surface area contributed by atoms with Gasteiger partial charge in [-0.3, -0.25) is 0 Å². The van der Waals surface area contributed by atoms with Gasteiger partial charge in [-0.1, -0.05) is 188 Å². The number of benzene rings is 11. The molecule has 0 atom stereocenters. The van der Waals surface area contributed by atoms with E-state index in [9.17, 15) is 5.48 Å². The van der Waals surface area contributed by atoms with Crippen molar-refractivity contribution in [2.75, 3.05) is 4.90 Å². The summed E-state index contributed by atoms with van der Waals surface area (Å²) in [6, 6.07) is 67.6. The highest BCUT2D eigenvalue weighted by Gasteiger charge is 2.20. The first-order valence-electron chi connectivity index (χ1n) is 21.4. The van der Waals surface area contributed by atoms with Gasteiger partial charge in [-0.2, -0.15) is 0 Å². The summed E-state index contributed by atoms with van der Waals surface area (Å²) in [5, 5.41) is 10.3. The second-order valence-corrected chi connectivity index (χ2v) is 14.5. The molecule has 11 aromatic carbocycles. The summed E-state index contributed by atoms with van der Waals surface area (Å²) in [5.74, 6) is 0. The van der Waals surface area contributed by atoms with Crippen molar-refractivity contribution in [3.8, 4) is 33.4 Å². The second-order valence-electron chi connectivity index (χ2n) is 14.5. The van der Waals surface area contributed by atoms with Gasteiger partial charge < -0.3 is 4.90 Å². The van der Waals surface area contributed by atoms with Crippen LogP contribution in [-0.2, 0) is 0 Å². The van der Waals surface area contributed by atoms with Crippen LogP contribution in [0, 0.1) is 0 Å². The minimum absolute atomic E-state index is 0.100. The molecular formula is C56H37N. The number of nitrogens with zero attached hydrogens (tertiary/aromatic N) is 1. The van der Waals surface area contributed by atoms with Gasteiger partial charge in [0.2, 0.25) is 0 Å². The van der Waals surface area contributed by atoms with Crippen molar-refractivity contribution >= 4 is 70.9 Å². The van der Waals surface area contributed by atoms with Gasteiger partial charge >= 0.3 is 0 Å². The van der Waals surface area contributed by atoms with Crippen molar-refractivity contribution in [1.29, 1.82) is 0 Å². The largest absolute Gasteiger partial charge is 0.310 e. The van der Waals surface area contributed by atoms with Crippen LogP contribution in [0.4, 0.5) is 17.1 Å². The van der Waals surface area contributed by atoms with E-state index in [4.69, 9.17) is 0 Å². The molecule has 0 aliphatic heterocycles. The maximum Gasteiger partial charge on any atom is 0.0645 e. The number of hydrogen-bond donors (Lipinski definition) is 0. The molecular weight excluding hydrogens is 687 g/mol. The molecule has 11 aromatic rings. The molecule has 0 aromatic heterocycles.